The molecule has 0 unspecified atom stereocenters. The molecule has 44 heavy (non-hydrogen) atoms. The lowest BCUT2D eigenvalue weighted by atomic mass is 9.82. The van der Waals surface area contributed by atoms with Crippen molar-refractivity contribution in [2.45, 2.75) is 43.7 Å². The minimum absolute atomic E-state index is 0.0772. The first-order valence-corrected chi connectivity index (χ1v) is 16.5. The Morgan fingerprint density at radius 1 is 0.864 bits per heavy atom. The Hall–Kier alpha value is -3.46. The molecule has 6 nitrogen and oxygen atoms in total. The zero-order chi connectivity index (χ0) is 30.8. The Morgan fingerprint density at radius 3 is 2.30 bits per heavy atom. The molecule has 228 valence electrons. The number of benzene rings is 4. The molecule has 1 amide bonds. The van der Waals surface area contributed by atoms with E-state index in [1.54, 1.807) is 0 Å². The van der Waals surface area contributed by atoms with Gasteiger partial charge in [-0.3, -0.25) is 4.79 Å². The molecule has 2 atom stereocenters. The van der Waals surface area contributed by atoms with E-state index in [0.717, 1.165) is 44.9 Å². The van der Waals surface area contributed by atoms with Crippen molar-refractivity contribution in [3.63, 3.8) is 0 Å². The number of ether oxygens (including phenoxy) is 2. The molecule has 0 saturated heterocycles. The smallest absolute Gasteiger partial charge is 0.252 e. The number of amides is 1. The van der Waals surface area contributed by atoms with Gasteiger partial charge in [0.05, 0.1) is 6.61 Å². The van der Waals surface area contributed by atoms with Crippen LogP contribution in [0.15, 0.2) is 117 Å². The maximum absolute atomic E-state index is 14.4. The minimum Gasteiger partial charge on any atom is -0.494 e. The second-order valence-electron chi connectivity index (χ2n) is 10.8. The molecule has 1 aliphatic heterocycles. The van der Waals surface area contributed by atoms with Crippen LogP contribution in [0.5, 0.6) is 5.75 Å². The summed E-state index contributed by atoms with van der Waals surface area (Å²) in [6.07, 6.45) is 2.99. The Bertz CT molecular complexity index is 1560. The van der Waals surface area contributed by atoms with Crippen molar-refractivity contribution in [1.29, 1.82) is 0 Å². The Labute approximate surface area is 275 Å². The molecule has 2 N–H and O–H groups in total. The van der Waals surface area contributed by atoms with Crippen molar-refractivity contribution < 1.29 is 19.4 Å². The highest BCUT2D eigenvalue weighted by molar-refractivity contribution is 9.10. The van der Waals surface area contributed by atoms with E-state index in [1.165, 1.54) is 5.56 Å². The second kappa shape index (κ2) is 15.5. The summed E-state index contributed by atoms with van der Waals surface area (Å²) < 4.78 is 14.1. The largest absolute Gasteiger partial charge is 0.494 e. The van der Waals surface area contributed by atoms with Crippen LogP contribution < -0.4 is 10.1 Å². The third-order valence-electron chi connectivity index (χ3n) is 7.66. The van der Waals surface area contributed by atoms with E-state index in [-0.39, 0.29) is 12.5 Å². The molecule has 4 aromatic carbocycles. The van der Waals surface area contributed by atoms with Gasteiger partial charge in [-0.15, -0.1) is 0 Å². The fraction of sp³-hybridized carbons (Fsp3) is 0.278. The van der Waals surface area contributed by atoms with E-state index in [4.69, 9.17) is 19.6 Å². The first-order valence-electron chi connectivity index (χ1n) is 14.9. The zero-order valence-corrected chi connectivity index (χ0v) is 27.6. The Balaban J connectivity index is 1.46. The highest BCUT2D eigenvalue weighted by Gasteiger charge is 2.53. The van der Waals surface area contributed by atoms with Crippen LogP contribution in [0.25, 0.3) is 0 Å². The van der Waals surface area contributed by atoms with E-state index in [9.17, 15) is 4.79 Å². The summed E-state index contributed by atoms with van der Waals surface area (Å²) in [6, 6.07) is 33.6. The topological polar surface area (TPSA) is 80.2 Å². The molecule has 0 aliphatic carbocycles. The van der Waals surface area contributed by atoms with Crippen LogP contribution in [0.1, 0.15) is 47.6 Å². The summed E-state index contributed by atoms with van der Waals surface area (Å²) in [7, 11) is 0. The van der Waals surface area contributed by atoms with Crippen LogP contribution in [0, 0.1) is 0 Å². The van der Waals surface area contributed by atoms with Gasteiger partial charge in [0.25, 0.3) is 5.91 Å². The predicted octanol–water partition coefficient (Wildman–Crippen LogP) is 7.61. The predicted molar refractivity (Wildman–Crippen MR) is 181 cm³/mol. The monoisotopic (exact) mass is 718 g/mol. The van der Waals surface area contributed by atoms with Gasteiger partial charge in [-0.1, -0.05) is 98.6 Å². The van der Waals surface area contributed by atoms with Gasteiger partial charge >= 0.3 is 0 Å². The maximum atomic E-state index is 14.4. The number of carbonyl (C=O) groups is 1. The average Bonchev–Trinajstić information content (AvgIpc) is 3.43. The summed E-state index contributed by atoms with van der Waals surface area (Å²) in [4.78, 5) is 19.6. The van der Waals surface area contributed by atoms with Gasteiger partial charge in [-0.05, 0) is 66.8 Å². The molecule has 0 bridgehead atoms. The lowest BCUT2D eigenvalue weighted by Gasteiger charge is -2.31. The van der Waals surface area contributed by atoms with E-state index >= 15 is 0 Å². The molecule has 0 saturated carbocycles. The van der Waals surface area contributed by atoms with Crippen LogP contribution in [0.4, 0.5) is 0 Å². The fourth-order valence-corrected chi connectivity index (χ4v) is 6.25. The van der Waals surface area contributed by atoms with Crippen LogP contribution in [-0.2, 0) is 22.4 Å². The molecule has 5 rings (SSSR count). The number of nitrogens with one attached hydrogen (secondary N) is 1. The standard InChI is InChI=1S/C36H36Br2N2O4/c37-31-16-6-4-14-28(31)25-36(35(42)39-22-9-8-13-26-11-2-1-3-12-26)33(30-15-5-7-17-32(30)38)44-34(40-36)27-18-20-29(21-19-27)43-24-10-23-41/h1-7,11-12,14-21,33,41H,8-10,13,22-25H2,(H,39,42)/t33-,36-/m1/s1. The lowest BCUT2D eigenvalue weighted by Crippen LogP contribution is -2.50. The highest BCUT2D eigenvalue weighted by Crippen LogP contribution is 2.45. The minimum atomic E-state index is -1.27. The van der Waals surface area contributed by atoms with E-state index < -0.39 is 11.6 Å². The van der Waals surface area contributed by atoms with E-state index in [1.807, 2.05) is 78.9 Å². The zero-order valence-electron chi connectivity index (χ0n) is 24.4. The summed E-state index contributed by atoms with van der Waals surface area (Å²) >= 11 is 7.41. The molecule has 0 aromatic heterocycles. The van der Waals surface area contributed by atoms with Crippen LogP contribution >= 0.6 is 31.9 Å². The summed E-state index contributed by atoms with van der Waals surface area (Å²) in [5.74, 6) is 0.919. The number of aliphatic hydroxyl groups is 1. The third kappa shape index (κ3) is 7.78. The number of aliphatic imine (C=N–C) groups is 1. The van der Waals surface area contributed by atoms with Gasteiger partial charge in [0.15, 0.2) is 11.6 Å². The Kier molecular flexibility index (Phi) is 11.3. The van der Waals surface area contributed by atoms with Gasteiger partial charge in [0.1, 0.15) is 5.75 Å². The number of aryl methyl sites for hydroxylation is 1. The SMILES string of the molecule is O=C(NCCCCc1ccccc1)[C@]1(Cc2ccccc2Br)N=C(c2ccc(OCCCO)cc2)O[C@@H]1c1ccccc1Br. The number of carbonyl (C=O) groups excluding carboxylic acids is 1. The van der Waals surface area contributed by atoms with Gasteiger partial charge in [-0.2, -0.15) is 0 Å². The average molecular weight is 721 g/mol. The lowest BCUT2D eigenvalue weighted by molar-refractivity contribution is -0.128. The van der Waals surface area contributed by atoms with E-state index in [0.29, 0.717) is 37.6 Å². The van der Waals surface area contributed by atoms with Crippen LogP contribution in [-0.4, -0.2) is 42.2 Å². The van der Waals surface area contributed by atoms with E-state index in [2.05, 4.69) is 61.4 Å². The number of rotatable bonds is 14. The molecule has 1 heterocycles. The summed E-state index contributed by atoms with van der Waals surface area (Å²) in [5, 5.41) is 12.3. The van der Waals surface area contributed by atoms with Crippen LogP contribution in [0.3, 0.4) is 0 Å². The third-order valence-corrected chi connectivity index (χ3v) is 9.15. The number of aliphatic hydroxyl groups excluding tert-OH is 1. The molecule has 0 radical (unpaired) electrons. The number of nitrogens with zero attached hydrogens (tertiary/aromatic N) is 1. The molecule has 8 heteroatoms. The molecular weight excluding hydrogens is 684 g/mol. The van der Waals surface area contributed by atoms with Crippen molar-refractivity contribution in [2.75, 3.05) is 19.8 Å². The summed E-state index contributed by atoms with van der Waals surface area (Å²) in [5.41, 5.74) is 2.59. The number of unbranched alkanes of at least 4 members (excludes halogenated alkanes) is 1. The normalized spacial score (nSPS) is 17.5. The molecule has 4 aromatic rings. The number of hydrogen-bond acceptors (Lipinski definition) is 5. The van der Waals surface area contributed by atoms with Crippen molar-refractivity contribution in [1.82, 2.24) is 5.32 Å². The Morgan fingerprint density at radius 2 is 1.57 bits per heavy atom. The maximum Gasteiger partial charge on any atom is 0.252 e. The fourth-order valence-electron chi connectivity index (χ4n) is 5.33. The van der Waals surface area contributed by atoms with Crippen molar-refractivity contribution in [2.24, 2.45) is 4.99 Å². The first kappa shape index (κ1) is 31.9. The van der Waals surface area contributed by atoms with Crippen LogP contribution in [0.2, 0.25) is 0 Å². The highest BCUT2D eigenvalue weighted by atomic mass is 79.9. The molecule has 0 spiro atoms. The second-order valence-corrected chi connectivity index (χ2v) is 12.5. The summed E-state index contributed by atoms with van der Waals surface area (Å²) in [6.45, 7) is 1.04. The van der Waals surface area contributed by atoms with Gasteiger partial charge in [0.2, 0.25) is 5.90 Å². The van der Waals surface area contributed by atoms with Crippen molar-refractivity contribution in [3.8, 4) is 5.75 Å². The molecule has 0 fully saturated rings. The van der Waals surface area contributed by atoms with Gasteiger partial charge in [0, 0.05) is 46.1 Å². The van der Waals surface area contributed by atoms with Gasteiger partial charge < -0.3 is 19.9 Å². The quantitative estimate of drug-likeness (QED) is 0.132. The first-order chi connectivity index (χ1) is 21.5. The number of halogens is 2. The molecular formula is C36H36Br2N2O4. The molecule has 1 aliphatic rings. The van der Waals surface area contributed by atoms with Crippen molar-refractivity contribution in [3.05, 3.63) is 134 Å². The van der Waals surface area contributed by atoms with Crippen molar-refractivity contribution >= 4 is 43.7 Å². The van der Waals surface area contributed by atoms with Gasteiger partial charge in [-0.25, -0.2) is 4.99 Å². The number of hydrogen-bond donors (Lipinski definition) is 2.